The molecule has 0 spiro atoms. The number of aliphatic hydroxyl groups is 2. The molecule has 2 aromatic rings. The van der Waals surface area contributed by atoms with Gasteiger partial charge < -0.3 is 20.1 Å². The van der Waals surface area contributed by atoms with Crippen molar-refractivity contribution in [1.29, 1.82) is 0 Å². The van der Waals surface area contributed by atoms with Crippen molar-refractivity contribution in [2.45, 2.75) is 26.7 Å². The van der Waals surface area contributed by atoms with E-state index in [-0.39, 0.29) is 40.5 Å². The van der Waals surface area contributed by atoms with Gasteiger partial charge in [0.25, 0.3) is 5.69 Å². The lowest BCUT2D eigenvalue weighted by atomic mass is 10.1. The normalized spacial score (nSPS) is 10.8. The molecule has 0 fully saturated rings. The van der Waals surface area contributed by atoms with Crippen LogP contribution in [0.15, 0.2) is 30.3 Å². The third kappa shape index (κ3) is 4.11. The third-order valence-electron chi connectivity index (χ3n) is 3.66. The molecule has 0 aromatic heterocycles. The Labute approximate surface area is 143 Å². The Hall–Kier alpha value is -2.97. The van der Waals surface area contributed by atoms with Crippen molar-refractivity contribution >= 4 is 11.5 Å². The van der Waals surface area contributed by atoms with Crippen LogP contribution in [-0.2, 0) is 6.61 Å². The first-order valence-electron chi connectivity index (χ1n) is 7.31. The van der Waals surface area contributed by atoms with Gasteiger partial charge in [-0.1, -0.05) is 6.07 Å². The summed E-state index contributed by atoms with van der Waals surface area (Å²) in [5.41, 5.74) is 0.566. The van der Waals surface area contributed by atoms with E-state index in [0.717, 1.165) is 6.07 Å². The second-order valence-electron chi connectivity index (χ2n) is 5.50. The highest BCUT2D eigenvalue weighted by Gasteiger charge is 2.18. The van der Waals surface area contributed by atoms with Gasteiger partial charge in [0.05, 0.1) is 16.1 Å². The summed E-state index contributed by atoms with van der Waals surface area (Å²) in [6.07, 6.45) is -1.81. The van der Waals surface area contributed by atoms with Gasteiger partial charge in [0.2, 0.25) is 0 Å². The van der Waals surface area contributed by atoms with Crippen molar-refractivity contribution in [3.63, 3.8) is 0 Å². The maximum atomic E-state index is 11.5. The highest BCUT2D eigenvalue weighted by atomic mass is 16.6. The van der Waals surface area contributed by atoms with Crippen LogP contribution in [0.1, 0.15) is 40.3 Å². The predicted molar refractivity (Wildman–Crippen MR) is 87.5 cm³/mol. The molecule has 3 N–H and O–H groups in total. The number of aliphatic hydroxyl groups excluding tert-OH is 1. The molecule has 0 heterocycles. The van der Waals surface area contributed by atoms with Crippen LogP contribution in [-0.4, -0.2) is 26.0 Å². The SMILES string of the molecule is CC(=O)c1cc(OCc2ccc(C(O)O)cc2[N+](=O)[O-])c(C)cc1O. The lowest BCUT2D eigenvalue weighted by Gasteiger charge is -2.12. The van der Waals surface area contributed by atoms with Gasteiger partial charge in [0, 0.05) is 11.6 Å². The number of ketones is 1. The molecule has 0 saturated heterocycles. The highest BCUT2D eigenvalue weighted by molar-refractivity contribution is 5.97. The van der Waals surface area contributed by atoms with Crippen molar-refractivity contribution in [2.24, 2.45) is 0 Å². The average molecular weight is 347 g/mol. The number of rotatable bonds is 6. The van der Waals surface area contributed by atoms with Crippen LogP contribution in [0.25, 0.3) is 0 Å². The van der Waals surface area contributed by atoms with E-state index >= 15 is 0 Å². The molecule has 0 aliphatic carbocycles. The number of phenols is 1. The van der Waals surface area contributed by atoms with Gasteiger partial charge in [-0.2, -0.15) is 0 Å². The summed E-state index contributed by atoms with van der Waals surface area (Å²) in [5, 5.41) is 39.2. The van der Waals surface area contributed by atoms with Crippen molar-refractivity contribution in [1.82, 2.24) is 0 Å². The van der Waals surface area contributed by atoms with Crippen LogP contribution in [0.5, 0.6) is 11.5 Å². The lowest BCUT2D eigenvalue weighted by Crippen LogP contribution is -2.05. The average Bonchev–Trinajstić information content (AvgIpc) is 2.53. The summed E-state index contributed by atoms with van der Waals surface area (Å²) < 4.78 is 5.57. The molecular weight excluding hydrogens is 330 g/mol. The standard InChI is InChI=1S/C17H17NO7/c1-9-5-15(20)13(10(2)19)7-16(9)25-8-12-4-3-11(17(21)22)6-14(12)18(23)24/h3-7,17,20-22H,8H2,1-2H3. The van der Waals surface area contributed by atoms with Crippen LogP contribution < -0.4 is 4.74 Å². The molecule has 0 aliphatic heterocycles. The monoisotopic (exact) mass is 347 g/mol. The van der Waals surface area contributed by atoms with Crippen LogP contribution in [0.2, 0.25) is 0 Å². The summed E-state index contributed by atoms with van der Waals surface area (Å²) >= 11 is 0. The second kappa shape index (κ2) is 7.29. The van der Waals surface area contributed by atoms with Gasteiger partial charge in [-0.3, -0.25) is 14.9 Å². The maximum Gasteiger partial charge on any atom is 0.276 e. The maximum absolute atomic E-state index is 11.5. The number of ether oxygens (including phenoxy) is 1. The summed E-state index contributed by atoms with van der Waals surface area (Å²) in [7, 11) is 0. The number of hydrogen-bond acceptors (Lipinski definition) is 7. The van der Waals surface area contributed by atoms with E-state index in [9.17, 15) is 20.0 Å². The van der Waals surface area contributed by atoms with E-state index in [2.05, 4.69) is 0 Å². The number of aromatic hydroxyl groups is 1. The fourth-order valence-electron chi connectivity index (χ4n) is 2.30. The molecule has 25 heavy (non-hydrogen) atoms. The largest absolute Gasteiger partial charge is 0.507 e. The quantitative estimate of drug-likeness (QED) is 0.316. The molecule has 0 radical (unpaired) electrons. The number of aryl methyl sites for hydroxylation is 1. The predicted octanol–water partition coefficient (Wildman–Crippen LogP) is 2.37. The van der Waals surface area contributed by atoms with Crippen molar-refractivity contribution in [2.75, 3.05) is 0 Å². The molecular formula is C17H17NO7. The summed E-state index contributed by atoms with van der Waals surface area (Å²) in [5.74, 6) is -0.192. The van der Waals surface area contributed by atoms with E-state index < -0.39 is 11.2 Å². The zero-order valence-electron chi connectivity index (χ0n) is 13.6. The number of Topliss-reactive ketones (excluding diaryl/α,β-unsaturated/α-hetero) is 1. The Morgan fingerprint density at radius 3 is 2.52 bits per heavy atom. The van der Waals surface area contributed by atoms with Gasteiger partial charge >= 0.3 is 0 Å². The zero-order chi connectivity index (χ0) is 18.7. The number of nitrogens with zero attached hydrogens (tertiary/aromatic N) is 1. The number of nitro benzene ring substituents is 1. The van der Waals surface area contributed by atoms with Gasteiger partial charge in [-0.05, 0) is 37.6 Å². The Bertz CT molecular complexity index is 830. The molecule has 0 bridgehead atoms. The van der Waals surface area contributed by atoms with Gasteiger partial charge in [-0.15, -0.1) is 0 Å². The van der Waals surface area contributed by atoms with Crippen LogP contribution in [0, 0.1) is 17.0 Å². The molecule has 0 saturated carbocycles. The molecule has 0 aliphatic rings. The highest BCUT2D eigenvalue weighted by Crippen LogP contribution is 2.30. The minimum Gasteiger partial charge on any atom is -0.507 e. The lowest BCUT2D eigenvalue weighted by molar-refractivity contribution is -0.386. The molecule has 0 amide bonds. The second-order valence-corrected chi connectivity index (χ2v) is 5.50. The Morgan fingerprint density at radius 2 is 1.96 bits per heavy atom. The zero-order valence-corrected chi connectivity index (χ0v) is 13.6. The number of hydrogen-bond donors (Lipinski definition) is 3. The molecule has 2 rings (SSSR count). The van der Waals surface area contributed by atoms with Crippen LogP contribution in [0.4, 0.5) is 5.69 Å². The van der Waals surface area contributed by atoms with Crippen molar-refractivity contribution in [3.05, 3.63) is 62.7 Å². The first-order chi connectivity index (χ1) is 11.7. The fourth-order valence-corrected chi connectivity index (χ4v) is 2.30. The van der Waals surface area contributed by atoms with Crippen molar-refractivity contribution in [3.8, 4) is 11.5 Å². The molecule has 132 valence electrons. The molecule has 8 heteroatoms. The molecule has 2 aromatic carbocycles. The number of benzene rings is 2. The minimum absolute atomic E-state index is 0.00451. The number of carbonyl (C=O) groups is 1. The van der Waals surface area contributed by atoms with E-state index in [0.29, 0.717) is 11.3 Å². The summed E-state index contributed by atoms with van der Waals surface area (Å²) in [6, 6.07) is 6.54. The van der Waals surface area contributed by atoms with E-state index in [4.69, 9.17) is 14.9 Å². The van der Waals surface area contributed by atoms with Gasteiger partial charge in [-0.25, -0.2) is 0 Å². The Balaban J connectivity index is 2.31. The Morgan fingerprint density at radius 1 is 1.28 bits per heavy atom. The van der Waals surface area contributed by atoms with Crippen LogP contribution >= 0.6 is 0 Å². The summed E-state index contributed by atoms with van der Waals surface area (Å²) in [6.45, 7) is 2.80. The van der Waals surface area contributed by atoms with E-state index in [1.54, 1.807) is 6.92 Å². The smallest absolute Gasteiger partial charge is 0.276 e. The molecule has 0 unspecified atom stereocenters. The third-order valence-corrected chi connectivity index (χ3v) is 3.66. The first-order valence-corrected chi connectivity index (χ1v) is 7.31. The topological polar surface area (TPSA) is 130 Å². The van der Waals surface area contributed by atoms with E-state index in [1.807, 2.05) is 0 Å². The van der Waals surface area contributed by atoms with Gasteiger partial charge in [0.15, 0.2) is 12.1 Å². The van der Waals surface area contributed by atoms with Gasteiger partial charge in [0.1, 0.15) is 18.1 Å². The molecule has 0 atom stereocenters. The van der Waals surface area contributed by atoms with E-state index in [1.165, 1.54) is 31.2 Å². The fraction of sp³-hybridized carbons (Fsp3) is 0.235. The summed E-state index contributed by atoms with van der Waals surface area (Å²) in [4.78, 5) is 22.0. The van der Waals surface area contributed by atoms with Crippen LogP contribution in [0.3, 0.4) is 0 Å². The first kappa shape index (κ1) is 18.4. The number of nitro groups is 1. The Kier molecular flexibility index (Phi) is 5.35. The molecule has 8 nitrogen and oxygen atoms in total. The number of carbonyl (C=O) groups excluding carboxylic acids is 1. The number of phenolic OH excluding ortho intramolecular Hbond substituents is 1. The van der Waals surface area contributed by atoms with Crippen molar-refractivity contribution < 1.29 is 29.8 Å². The minimum atomic E-state index is -1.81.